The summed E-state index contributed by atoms with van der Waals surface area (Å²) in [5.41, 5.74) is 0.115. The average Bonchev–Trinajstić information content (AvgIpc) is 2.67. The molecule has 19 heavy (non-hydrogen) atoms. The number of fused-ring (bicyclic) bond motifs is 1. The van der Waals surface area contributed by atoms with Crippen molar-refractivity contribution >= 4 is 29.6 Å². The SMILES string of the molecule is CC(=O)OCOC(=O)C1=CS[C@@H]2C(C(C)O)C(=O)N12. The number of aliphatic hydroxyl groups is 1. The number of nitrogens with zero attached hydrogens (tertiary/aromatic N) is 1. The van der Waals surface area contributed by atoms with Crippen molar-refractivity contribution in [1.82, 2.24) is 4.90 Å². The van der Waals surface area contributed by atoms with Gasteiger partial charge in [0, 0.05) is 12.3 Å². The smallest absolute Gasteiger partial charge is 0.358 e. The molecular weight excluding hydrogens is 274 g/mol. The molecule has 2 heterocycles. The predicted octanol–water partition coefficient (Wildman–Crippen LogP) is -0.196. The van der Waals surface area contributed by atoms with Gasteiger partial charge in [0.2, 0.25) is 12.7 Å². The van der Waals surface area contributed by atoms with E-state index in [-0.39, 0.29) is 17.0 Å². The molecule has 1 amide bonds. The van der Waals surface area contributed by atoms with Gasteiger partial charge in [-0.1, -0.05) is 0 Å². The van der Waals surface area contributed by atoms with Crippen LogP contribution < -0.4 is 0 Å². The minimum absolute atomic E-state index is 0.115. The summed E-state index contributed by atoms with van der Waals surface area (Å²) in [4.78, 5) is 35.3. The summed E-state index contributed by atoms with van der Waals surface area (Å²) < 4.78 is 9.19. The van der Waals surface area contributed by atoms with Crippen LogP contribution in [-0.4, -0.2) is 46.1 Å². The summed E-state index contributed by atoms with van der Waals surface area (Å²) >= 11 is 1.28. The zero-order valence-electron chi connectivity index (χ0n) is 10.4. The van der Waals surface area contributed by atoms with Crippen LogP contribution in [0, 0.1) is 5.92 Å². The zero-order valence-corrected chi connectivity index (χ0v) is 11.2. The van der Waals surface area contributed by atoms with Crippen molar-refractivity contribution in [2.75, 3.05) is 6.79 Å². The Bertz CT molecular complexity index is 460. The molecule has 0 radical (unpaired) electrons. The highest BCUT2D eigenvalue weighted by atomic mass is 32.2. The van der Waals surface area contributed by atoms with E-state index < -0.39 is 30.8 Å². The van der Waals surface area contributed by atoms with E-state index in [0.717, 1.165) is 0 Å². The highest BCUT2D eigenvalue weighted by Crippen LogP contribution is 2.46. The first-order chi connectivity index (χ1) is 8.93. The highest BCUT2D eigenvalue weighted by Gasteiger charge is 2.55. The third-order valence-corrected chi connectivity index (χ3v) is 3.99. The molecular formula is C11H13NO6S. The Balaban J connectivity index is 1.92. The Labute approximate surface area is 113 Å². The lowest BCUT2D eigenvalue weighted by atomic mass is 9.92. The molecule has 1 fully saturated rings. The van der Waals surface area contributed by atoms with Gasteiger partial charge >= 0.3 is 11.9 Å². The van der Waals surface area contributed by atoms with Gasteiger partial charge in [-0.25, -0.2) is 4.79 Å². The Morgan fingerprint density at radius 1 is 1.53 bits per heavy atom. The molecule has 2 aliphatic rings. The molecule has 2 rings (SSSR count). The predicted molar refractivity (Wildman–Crippen MR) is 64.2 cm³/mol. The van der Waals surface area contributed by atoms with Crippen LogP contribution in [0.1, 0.15) is 13.8 Å². The van der Waals surface area contributed by atoms with Crippen LogP contribution in [0.2, 0.25) is 0 Å². The first kappa shape index (κ1) is 13.9. The van der Waals surface area contributed by atoms with Crippen LogP contribution in [0.4, 0.5) is 0 Å². The molecule has 2 unspecified atom stereocenters. The van der Waals surface area contributed by atoms with Crippen molar-refractivity contribution in [1.29, 1.82) is 0 Å². The number of hydrogen-bond acceptors (Lipinski definition) is 7. The standard InChI is InChI=1S/C11H13NO6S/c1-5(13)8-9(15)12-7(3-19-10(8)12)11(16)18-4-17-6(2)14/h3,5,8,10,13H,4H2,1-2H3/t5?,8?,10-/m1/s1. The monoisotopic (exact) mass is 287 g/mol. The number of aliphatic hydroxyl groups excluding tert-OH is 1. The Morgan fingerprint density at radius 3 is 2.79 bits per heavy atom. The topological polar surface area (TPSA) is 93.1 Å². The van der Waals surface area contributed by atoms with Crippen LogP contribution in [-0.2, 0) is 23.9 Å². The average molecular weight is 287 g/mol. The number of carbonyl (C=O) groups excluding carboxylic acids is 3. The summed E-state index contributed by atoms with van der Waals surface area (Å²) in [5, 5.41) is 10.7. The number of thioether (sulfide) groups is 1. The molecule has 2 aliphatic heterocycles. The Hall–Kier alpha value is -1.54. The van der Waals surface area contributed by atoms with E-state index in [0.29, 0.717) is 0 Å². The van der Waals surface area contributed by atoms with Crippen molar-refractivity contribution < 1.29 is 29.0 Å². The van der Waals surface area contributed by atoms with Gasteiger partial charge in [0.15, 0.2) is 0 Å². The maximum absolute atomic E-state index is 11.8. The van der Waals surface area contributed by atoms with Crippen LogP contribution in [0.3, 0.4) is 0 Å². The summed E-state index contributed by atoms with van der Waals surface area (Å²) in [6.45, 7) is 2.25. The number of hydrogen-bond donors (Lipinski definition) is 1. The number of carbonyl (C=O) groups is 3. The summed E-state index contributed by atoms with van der Waals surface area (Å²) in [5.74, 6) is -2.09. The van der Waals surface area contributed by atoms with Gasteiger partial charge < -0.3 is 14.6 Å². The Morgan fingerprint density at radius 2 is 2.21 bits per heavy atom. The maximum atomic E-state index is 11.8. The molecule has 1 saturated heterocycles. The third kappa shape index (κ3) is 2.45. The second-order valence-corrected chi connectivity index (χ2v) is 5.18. The van der Waals surface area contributed by atoms with E-state index >= 15 is 0 Å². The molecule has 0 aromatic rings. The molecule has 0 spiro atoms. The fourth-order valence-electron chi connectivity index (χ4n) is 1.91. The van der Waals surface area contributed by atoms with Crippen molar-refractivity contribution in [3.63, 3.8) is 0 Å². The van der Waals surface area contributed by atoms with E-state index in [1.54, 1.807) is 0 Å². The molecule has 3 atom stereocenters. The van der Waals surface area contributed by atoms with Crippen molar-refractivity contribution in [3.8, 4) is 0 Å². The normalized spacial score (nSPS) is 26.2. The highest BCUT2D eigenvalue weighted by molar-refractivity contribution is 8.03. The van der Waals surface area contributed by atoms with Crippen LogP contribution in [0.5, 0.6) is 0 Å². The van der Waals surface area contributed by atoms with Gasteiger partial charge in [0.25, 0.3) is 0 Å². The van der Waals surface area contributed by atoms with E-state index in [4.69, 9.17) is 4.74 Å². The number of β-lactam (4-membered cyclic amide) rings is 1. The largest absolute Gasteiger partial charge is 0.428 e. The Kier molecular flexibility index (Phi) is 3.81. The minimum atomic E-state index is -0.758. The lowest BCUT2D eigenvalue weighted by molar-refractivity contribution is -0.168. The van der Waals surface area contributed by atoms with E-state index in [9.17, 15) is 19.5 Å². The molecule has 8 heteroatoms. The van der Waals surface area contributed by atoms with Crippen LogP contribution >= 0.6 is 11.8 Å². The third-order valence-electron chi connectivity index (χ3n) is 2.84. The second-order valence-electron chi connectivity index (χ2n) is 4.19. The number of ether oxygens (including phenoxy) is 2. The first-order valence-corrected chi connectivity index (χ1v) is 6.55. The van der Waals surface area contributed by atoms with Crippen LogP contribution in [0.25, 0.3) is 0 Å². The zero-order chi connectivity index (χ0) is 14.2. The second kappa shape index (κ2) is 5.22. The molecule has 0 aromatic heterocycles. The number of amides is 1. The maximum Gasteiger partial charge on any atom is 0.358 e. The summed E-state index contributed by atoms with van der Waals surface area (Å²) in [6, 6.07) is 0. The van der Waals surface area contributed by atoms with Gasteiger partial charge in [-0.15, -0.1) is 11.8 Å². The van der Waals surface area contributed by atoms with E-state index in [1.165, 1.54) is 35.9 Å². The van der Waals surface area contributed by atoms with E-state index in [2.05, 4.69) is 4.74 Å². The number of esters is 2. The molecule has 0 saturated carbocycles. The van der Waals surface area contributed by atoms with Gasteiger partial charge in [0.05, 0.1) is 12.0 Å². The minimum Gasteiger partial charge on any atom is -0.428 e. The fraction of sp³-hybridized carbons (Fsp3) is 0.545. The van der Waals surface area contributed by atoms with Crippen molar-refractivity contribution in [3.05, 3.63) is 11.1 Å². The van der Waals surface area contributed by atoms with Crippen molar-refractivity contribution in [2.24, 2.45) is 5.92 Å². The molecule has 0 aromatic carbocycles. The molecule has 0 aliphatic carbocycles. The summed E-state index contributed by atoms with van der Waals surface area (Å²) in [6.07, 6.45) is -0.758. The fourth-order valence-corrected chi connectivity index (χ4v) is 3.24. The van der Waals surface area contributed by atoms with Gasteiger partial charge in [-0.3, -0.25) is 14.5 Å². The quantitative estimate of drug-likeness (QED) is 0.435. The molecule has 7 nitrogen and oxygen atoms in total. The first-order valence-electron chi connectivity index (χ1n) is 5.60. The molecule has 0 bridgehead atoms. The van der Waals surface area contributed by atoms with Crippen LogP contribution in [0.15, 0.2) is 11.1 Å². The van der Waals surface area contributed by atoms with Gasteiger partial charge in [0.1, 0.15) is 11.1 Å². The van der Waals surface area contributed by atoms with Gasteiger partial charge in [-0.05, 0) is 6.92 Å². The molecule has 1 N–H and O–H groups in total. The lowest BCUT2D eigenvalue weighted by Gasteiger charge is -2.43. The summed E-state index contributed by atoms with van der Waals surface area (Å²) in [7, 11) is 0. The lowest BCUT2D eigenvalue weighted by Crippen LogP contribution is -2.60. The van der Waals surface area contributed by atoms with Gasteiger partial charge in [-0.2, -0.15) is 0 Å². The van der Waals surface area contributed by atoms with Crippen molar-refractivity contribution in [2.45, 2.75) is 25.3 Å². The number of rotatable bonds is 4. The molecule has 104 valence electrons. The van der Waals surface area contributed by atoms with E-state index in [1.807, 2.05) is 0 Å².